The third kappa shape index (κ3) is 3.99. The first-order valence-corrected chi connectivity index (χ1v) is 10.1. The lowest BCUT2D eigenvalue weighted by molar-refractivity contribution is -0.140. The molecular formula is C24H22FN3O4. The van der Waals surface area contributed by atoms with Crippen LogP contribution in [0.1, 0.15) is 23.6 Å². The van der Waals surface area contributed by atoms with Crippen LogP contribution in [0.25, 0.3) is 5.76 Å². The molecule has 0 bridgehead atoms. The Bertz CT molecular complexity index is 1160. The number of hydrogen-bond acceptors (Lipinski definition) is 5. The molecule has 1 fully saturated rings. The van der Waals surface area contributed by atoms with Crippen molar-refractivity contribution in [3.05, 3.63) is 89.8 Å². The minimum atomic E-state index is -1.03. The zero-order valence-corrected chi connectivity index (χ0v) is 17.4. The Morgan fingerprint density at radius 1 is 1.12 bits per heavy atom. The quantitative estimate of drug-likeness (QED) is 0.349. The molecule has 1 unspecified atom stereocenters. The number of halogens is 1. The summed E-state index contributed by atoms with van der Waals surface area (Å²) in [4.78, 5) is 31.2. The molecule has 1 aliphatic heterocycles. The Hall–Kier alpha value is -3.94. The van der Waals surface area contributed by atoms with Crippen molar-refractivity contribution in [3.8, 4) is 5.75 Å². The highest BCUT2D eigenvalue weighted by Gasteiger charge is 2.46. The number of imidazole rings is 1. The fourth-order valence-electron chi connectivity index (χ4n) is 3.88. The maximum atomic E-state index is 14.8. The molecule has 0 spiro atoms. The number of rotatable bonds is 7. The number of hydrogen-bond donors (Lipinski definition) is 1. The van der Waals surface area contributed by atoms with E-state index in [2.05, 4.69) is 4.98 Å². The number of carbonyl (C=O) groups is 2. The normalized spacial score (nSPS) is 17.7. The molecule has 32 heavy (non-hydrogen) atoms. The van der Waals surface area contributed by atoms with E-state index in [0.717, 1.165) is 0 Å². The van der Waals surface area contributed by atoms with Crippen LogP contribution in [0.3, 0.4) is 0 Å². The Kier molecular flexibility index (Phi) is 6.02. The van der Waals surface area contributed by atoms with Gasteiger partial charge in [0.15, 0.2) is 0 Å². The Morgan fingerprint density at radius 2 is 1.88 bits per heavy atom. The minimum Gasteiger partial charge on any atom is -0.507 e. The van der Waals surface area contributed by atoms with Gasteiger partial charge >= 0.3 is 0 Å². The lowest BCUT2D eigenvalue weighted by Gasteiger charge is -2.25. The molecule has 2 heterocycles. The van der Waals surface area contributed by atoms with Crippen molar-refractivity contribution in [2.45, 2.75) is 19.0 Å². The minimum absolute atomic E-state index is 0.132. The van der Waals surface area contributed by atoms with Crippen LogP contribution in [0, 0.1) is 5.82 Å². The van der Waals surface area contributed by atoms with Gasteiger partial charge in [-0.25, -0.2) is 9.37 Å². The lowest BCUT2D eigenvalue weighted by atomic mass is 9.95. The van der Waals surface area contributed by atoms with Crippen LogP contribution in [0.5, 0.6) is 5.75 Å². The molecule has 7 nitrogen and oxygen atoms in total. The van der Waals surface area contributed by atoms with Gasteiger partial charge in [0.2, 0.25) is 0 Å². The van der Waals surface area contributed by atoms with Gasteiger partial charge in [0.1, 0.15) is 17.3 Å². The maximum absolute atomic E-state index is 14.8. The number of aryl methyl sites for hydroxylation is 1. The first kappa shape index (κ1) is 21.3. The topological polar surface area (TPSA) is 84.7 Å². The van der Waals surface area contributed by atoms with Crippen molar-refractivity contribution in [2.75, 3.05) is 13.7 Å². The van der Waals surface area contributed by atoms with Gasteiger partial charge in [0, 0.05) is 36.6 Å². The van der Waals surface area contributed by atoms with Crippen molar-refractivity contribution in [2.24, 2.45) is 0 Å². The highest BCUT2D eigenvalue weighted by Crippen LogP contribution is 2.40. The number of aliphatic hydroxyl groups excluding tert-OH is 1. The fraction of sp³-hybridized carbons (Fsp3) is 0.208. The molecule has 164 valence electrons. The summed E-state index contributed by atoms with van der Waals surface area (Å²) < 4.78 is 21.8. The zero-order chi connectivity index (χ0) is 22.7. The molecule has 8 heteroatoms. The summed E-state index contributed by atoms with van der Waals surface area (Å²) in [6.45, 7) is 0.784. The van der Waals surface area contributed by atoms with E-state index in [1.807, 2.05) is 4.57 Å². The lowest BCUT2D eigenvalue weighted by Crippen LogP contribution is -2.31. The molecule has 3 aromatic rings. The first-order valence-electron chi connectivity index (χ1n) is 10.1. The Morgan fingerprint density at radius 3 is 2.53 bits per heavy atom. The molecule has 0 radical (unpaired) electrons. The largest absolute Gasteiger partial charge is 0.507 e. The number of benzene rings is 2. The molecule has 1 amide bonds. The average molecular weight is 435 g/mol. The van der Waals surface area contributed by atoms with Gasteiger partial charge in [-0.1, -0.05) is 18.2 Å². The summed E-state index contributed by atoms with van der Waals surface area (Å²) in [6.07, 6.45) is 5.63. The predicted octanol–water partition coefficient (Wildman–Crippen LogP) is 3.54. The average Bonchev–Trinajstić information content (AvgIpc) is 3.41. The van der Waals surface area contributed by atoms with Crippen molar-refractivity contribution in [1.29, 1.82) is 0 Å². The Labute approximate surface area is 184 Å². The molecule has 0 aliphatic carbocycles. The smallest absolute Gasteiger partial charge is 0.295 e. The predicted molar refractivity (Wildman–Crippen MR) is 115 cm³/mol. The van der Waals surface area contributed by atoms with E-state index in [1.165, 1.54) is 30.2 Å². The second-order valence-corrected chi connectivity index (χ2v) is 7.40. The summed E-state index contributed by atoms with van der Waals surface area (Å²) in [6, 6.07) is 11.4. The van der Waals surface area contributed by atoms with Crippen molar-refractivity contribution in [1.82, 2.24) is 14.5 Å². The molecule has 2 aromatic carbocycles. The van der Waals surface area contributed by atoms with Gasteiger partial charge < -0.3 is 19.3 Å². The van der Waals surface area contributed by atoms with E-state index in [4.69, 9.17) is 4.74 Å². The van der Waals surface area contributed by atoms with Crippen LogP contribution in [0.15, 0.2) is 72.8 Å². The first-order chi connectivity index (χ1) is 15.5. The molecule has 1 aromatic heterocycles. The van der Waals surface area contributed by atoms with Gasteiger partial charge in [-0.15, -0.1) is 0 Å². The number of ketones is 1. The second kappa shape index (κ2) is 9.05. The summed E-state index contributed by atoms with van der Waals surface area (Å²) in [7, 11) is 1.52. The zero-order valence-electron chi connectivity index (χ0n) is 17.4. The van der Waals surface area contributed by atoms with E-state index in [-0.39, 0.29) is 23.4 Å². The number of Topliss-reactive ketones (excluding diaryl/α,β-unsaturated/α-hetero) is 1. The third-order valence-electron chi connectivity index (χ3n) is 5.48. The summed E-state index contributed by atoms with van der Waals surface area (Å²) in [5.74, 6) is -1.93. The van der Waals surface area contributed by atoms with Crippen LogP contribution in [0.4, 0.5) is 4.39 Å². The van der Waals surface area contributed by atoms with E-state index >= 15 is 0 Å². The summed E-state index contributed by atoms with van der Waals surface area (Å²) >= 11 is 0. The Balaban J connectivity index is 1.74. The number of amides is 1. The van der Waals surface area contributed by atoms with E-state index in [0.29, 0.717) is 24.3 Å². The number of ether oxygens (including phenoxy) is 1. The monoisotopic (exact) mass is 435 g/mol. The highest BCUT2D eigenvalue weighted by molar-refractivity contribution is 6.46. The number of likely N-dealkylation sites (tertiary alicyclic amines) is 1. The molecule has 1 saturated heterocycles. The third-order valence-corrected chi connectivity index (χ3v) is 5.48. The van der Waals surface area contributed by atoms with E-state index < -0.39 is 23.5 Å². The maximum Gasteiger partial charge on any atom is 0.295 e. The van der Waals surface area contributed by atoms with Gasteiger partial charge in [-0.3, -0.25) is 9.59 Å². The standard InChI is InChI=1S/C24H22FN3O4/c1-32-17-9-7-16(8-10-17)22(29)20-21(18-5-2-3-6-19(18)25)28(24(31)23(20)30)13-4-12-27-14-11-26-15-27/h2-3,5-11,14-15,21,29H,4,12-13H2,1H3. The molecule has 1 N–H and O–H groups in total. The molecule has 0 saturated carbocycles. The van der Waals surface area contributed by atoms with Crippen molar-refractivity contribution >= 4 is 17.4 Å². The molecule has 1 aliphatic rings. The van der Waals surface area contributed by atoms with E-state index in [9.17, 15) is 19.1 Å². The number of aromatic nitrogens is 2. The SMILES string of the molecule is COc1ccc(C(O)=C2C(=O)C(=O)N(CCCn3ccnc3)C2c2ccccc2F)cc1. The van der Waals surface area contributed by atoms with Crippen LogP contribution in [0.2, 0.25) is 0 Å². The summed E-state index contributed by atoms with van der Waals surface area (Å²) in [5.41, 5.74) is 0.362. The number of aliphatic hydroxyl groups is 1. The highest BCUT2D eigenvalue weighted by atomic mass is 19.1. The number of methoxy groups -OCH3 is 1. The van der Waals surface area contributed by atoms with Gasteiger partial charge in [0.05, 0.1) is 25.1 Å². The van der Waals surface area contributed by atoms with Gasteiger partial charge in [0.25, 0.3) is 11.7 Å². The fourth-order valence-corrected chi connectivity index (χ4v) is 3.88. The van der Waals surface area contributed by atoms with Crippen molar-refractivity contribution < 1.29 is 23.8 Å². The van der Waals surface area contributed by atoms with Crippen molar-refractivity contribution in [3.63, 3.8) is 0 Å². The second-order valence-electron chi connectivity index (χ2n) is 7.40. The van der Waals surface area contributed by atoms with Crippen LogP contribution < -0.4 is 4.74 Å². The molecular weight excluding hydrogens is 413 g/mol. The van der Waals surface area contributed by atoms with Crippen LogP contribution >= 0.6 is 0 Å². The van der Waals surface area contributed by atoms with Crippen LogP contribution in [-0.4, -0.2) is 44.9 Å². The van der Waals surface area contributed by atoms with Gasteiger partial charge in [-0.05, 0) is 36.8 Å². The van der Waals surface area contributed by atoms with E-state index in [1.54, 1.807) is 49.1 Å². The number of nitrogens with zero attached hydrogens (tertiary/aromatic N) is 3. The molecule has 1 atom stereocenters. The number of carbonyl (C=O) groups excluding carboxylic acids is 2. The summed E-state index contributed by atoms with van der Waals surface area (Å²) in [5, 5.41) is 11.0. The molecule has 4 rings (SSSR count). The van der Waals surface area contributed by atoms with Gasteiger partial charge in [-0.2, -0.15) is 0 Å². The van der Waals surface area contributed by atoms with Crippen LogP contribution in [-0.2, 0) is 16.1 Å².